The number of nitrogens with one attached hydrogen (secondary N) is 1. The SMILES string of the molecule is CN(CCCNc1cncc(C(=O)O)n1)c1ccccc1. The quantitative estimate of drug-likeness (QED) is 0.759. The van der Waals surface area contributed by atoms with Crippen molar-refractivity contribution in [1.29, 1.82) is 0 Å². The van der Waals surface area contributed by atoms with Gasteiger partial charge in [-0.15, -0.1) is 0 Å². The summed E-state index contributed by atoms with van der Waals surface area (Å²) in [5.74, 6) is -0.591. The van der Waals surface area contributed by atoms with Crippen molar-refractivity contribution in [3.05, 3.63) is 48.4 Å². The van der Waals surface area contributed by atoms with Crippen molar-refractivity contribution < 1.29 is 9.90 Å². The van der Waals surface area contributed by atoms with E-state index in [1.165, 1.54) is 18.1 Å². The third-order valence-corrected chi connectivity index (χ3v) is 3.03. The highest BCUT2D eigenvalue weighted by Crippen LogP contribution is 2.11. The molecule has 1 heterocycles. The van der Waals surface area contributed by atoms with Crippen LogP contribution in [0, 0.1) is 0 Å². The molecule has 2 rings (SSSR count). The molecule has 0 bridgehead atoms. The average molecular weight is 286 g/mol. The van der Waals surface area contributed by atoms with Gasteiger partial charge in [0.05, 0.1) is 12.4 Å². The second kappa shape index (κ2) is 7.23. The van der Waals surface area contributed by atoms with Crippen LogP contribution in [-0.4, -0.2) is 41.2 Å². The Morgan fingerprint density at radius 3 is 2.76 bits per heavy atom. The number of carboxylic acid groups (broad SMARTS) is 1. The fourth-order valence-electron chi connectivity index (χ4n) is 1.90. The lowest BCUT2D eigenvalue weighted by atomic mass is 10.3. The van der Waals surface area contributed by atoms with Crippen LogP contribution in [0.3, 0.4) is 0 Å². The van der Waals surface area contributed by atoms with Crippen LogP contribution in [0.25, 0.3) is 0 Å². The molecule has 0 spiro atoms. The Morgan fingerprint density at radius 2 is 2.05 bits per heavy atom. The van der Waals surface area contributed by atoms with Gasteiger partial charge >= 0.3 is 5.97 Å². The number of rotatable bonds is 7. The smallest absolute Gasteiger partial charge is 0.356 e. The molecule has 2 N–H and O–H groups in total. The molecule has 0 unspecified atom stereocenters. The number of carboxylic acids is 1. The van der Waals surface area contributed by atoms with Gasteiger partial charge in [0.1, 0.15) is 5.82 Å². The number of nitrogens with zero attached hydrogens (tertiary/aromatic N) is 3. The Morgan fingerprint density at radius 1 is 1.29 bits per heavy atom. The van der Waals surface area contributed by atoms with E-state index < -0.39 is 5.97 Å². The van der Waals surface area contributed by atoms with Crippen LogP contribution >= 0.6 is 0 Å². The Balaban J connectivity index is 1.77. The first-order chi connectivity index (χ1) is 10.2. The van der Waals surface area contributed by atoms with Crippen LogP contribution < -0.4 is 10.2 Å². The molecular weight excluding hydrogens is 268 g/mol. The normalized spacial score (nSPS) is 10.1. The predicted octanol–water partition coefficient (Wildman–Crippen LogP) is 2.11. The summed E-state index contributed by atoms with van der Waals surface area (Å²) in [6.45, 7) is 1.60. The largest absolute Gasteiger partial charge is 0.476 e. The van der Waals surface area contributed by atoms with Crippen LogP contribution in [-0.2, 0) is 0 Å². The number of aromatic carboxylic acids is 1. The third kappa shape index (κ3) is 4.45. The topological polar surface area (TPSA) is 78.4 Å². The minimum atomic E-state index is -1.07. The van der Waals surface area contributed by atoms with Gasteiger partial charge in [-0.25, -0.2) is 9.78 Å². The summed E-state index contributed by atoms with van der Waals surface area (Å²) in [7, 11) is 2.04. The molecule has 0 aliphatic heterocycles. The molecule has 0 aliphatic rings. The number of benzene rings is 1. The first-order valence-electron chi connectivity index (χ1n) is 6.72. The number of anilines is 2. The first kappa shape index (κ1) is 14.8. The van der Waals surface area contributed by atoms with Crippen LogP contribution in [0.2, 0.25) is 0 Å². The van der Waals surface area contributed by atoms with E-state index >= 15 is 0 Å². The molecule has 6 heteroatoms. The van der Waals surface area contributed by atoms with Crippen molar-refractivity contribution in [1.82, 2.24) is 9.97 Å². The van der Waals surface area contributed by atoms with Crippen LogP contribution in [0.1, 0.15) is 16.9 Å². The number of carbonyl (C=O) groups is 1. The van der Waals surface area contributed by atoms with E-state index in [0.29, 0.717) is 12.4 Å². The van der Waals surface area contributed by atoms with Crippen LogP contribution in [0.5, 0.6) is 0 Å². The average Bonchev–Trinajstić information content (AvgIpc) is 2.52. The summed E-state index contributed by atoms with van der Waals surface area (Å²) in [6, 6.07) is 10.1. The van der Waals surface area contributed by atoms with Crippen LogP contribution in [0.15, 0.2) is 42.7 Å². The second-order valence-electron chi connectivity index (χ2n) is 4.63. The van der Waals surface area contributed by atoms with Crippen molar-refractivity contribution in [2.45, 2.75) is 6.42 Å². The number of para-hydroxylation sites is 1. The molecule has 1 aromatic heterocycles. The second-order valence-corrected chi connectivity index (χ2v) is 4.63. The minimum absolute atomic E-state index is 0.0543. The summed E-state index contributed by atoms with van der Waals surface area (Å²) in [5, 5.41) is 11.9. The van der Waals surface area contributed by atoms with E-state index in [-0.39, 0.29) is 5.69 Å². The van der Waals surface area contributed by atoms with Crippen LogP contribution in [0.4, 0.5) is 11.5 Å². The van der Waals surface area contributed by atoms with E-state index in [4.69, 9.17) is 5.11 Å². The zero-order valence-corrected chi connectivity index (χ0v) is 11.9. The maximum atomic E-state index is 10.8. The zero-order chi connectivity index (χ0) is 15.1. The van der Waals surface area contributed by atoms with E-state index in [9.17, 15) is 4.79 Å². The van der Waals surface area contributed by atoms with Crippen molar-refractivity contribution in [3.8, 4) is 0 Å². The summed E-state index contributed by atoms with van der Waals surface area (Å²) in [5.41, 5.74) is 1.12. The molecule has 21 heavy (non-hydrogen) atoms. The maximum absolute atomic E-state index is 10.8. The van der Waals surface area contributed by atoms with Gasteiger partial charge in [-0.05, 0) is 18.6 Å². The Kier molecular flexibility index (Phi) is 5.09. The van der Waals surface area contributed by atoms with Crippen molar-refractivity contribution in [2.24, 2.45) is 0 Å². The van der Waals surface area contributed by atoms with Gasteiger partial charge in [0.15, 0.2) is 5.69 Å². The maximum Gasteiger partial charge on any atom is 0.356 e. The highest BCUT2D eigenvalue weighted by molar-refractivity contribution is 5.85. The van der Waals surface area contributed by atoms with E-state index in [2.05, 4.69) is 32.3 Å². The molecule has 110 valence electrons. The Hall–Kier alpha value is -2.63. The highest BCUT2D eigenvalue weighted by Gasteiger charge is 2.05. The highest BCUT2D eigenvalue weighted by atomic mass is 16.4. The lowest BCUT2D eigenvalue weighted by molar-refractivity contribution is 0.0690. The fourth-order valence-corrected chi connectivity index (χ4v) is 1.90. The van der Waals surface area contributed by atoms with Gasteiger partial charge in [-0.2, -0.15) is 0 Å². The van der Waals surface area contributed by atoms with Gasteiger partial charge in [0.2, 0.25) is 0 Å². The molecule has 0 atom stereocenters. The molecule has 0 fully saturated rings. The summed E-state index contributed by atoms with van der Waals surface area (Å²) < 4.78 is 0. The molecule has 1 aromatic carbocycles. The molecular formula is C15H18N4O2. The lowest BCUT2D eigenvalue weighted by Gasteiger charge is -2.19. The molecule has 0 amide bonds. The van der Waals surface area contributed by atoms with Gasteiger partial charge in [0.25, 0.3) is 0 Å². The van der Waals surface area contributed by atoms with Gasteiger partial charge in [0, 0.05) is 25.8 Å². The summed E-state index contributed by atoms with van der Waals surface area (Å²) in [6.07, 6.45) is 3.66. The van der Waals surface area contributed by atoms with Crippen molar-refractivity contribution in [2.75, 3.05) is 30.4 Å². The van der Waals surface area contributed by atoms with E-state index in [1.807, 2.05) is 25.2 Å². The molecule has 2 aromatic rings. The number of hydrogen-bond acceptors (Lipinski definition) is 5. The van der Waals surface area contributed by atoms with Crippen molar-refractivity contribution in [3.63, 3.8) is 0 Å². The molecule has 0 saturated carbocycles. The Labute approximate surface area is 123 Å². The third-order valence-electron chi connectivity index (χ3n) is 3.03. The Bertz CT molecular complexity index is 589. The summed E-state index contributed by atoms with van der Waals surface area (Å²) in [4.78, 5) is 20.8. The van der Waals surface area contributed by atoms with E-state index in [1.54, 1.807) is 0 Å². The van der Waals surface area contributed by atoms with Gasteiger partial charge < -0.3 is 15.3 Å². The molecule has 0 saturated heterocycles. The number of aromatic nitrogens is 2. The minimum Gasteiger partial charge on any atom is -0.476 e. The predicted molar refractivity (Wildman–Crippen MR) is 81.8 cm³/mol. The van der Waals surface area contributed by atoms with Gasteiger partial charge in [-0.3, -0.25) is 4.98 Å². The molecule has 0 aliphatic carbocycles. The molecule has 0 radical (unpaired) electrons. The molecule has 6 nitrogen and oxygen atoms in total. The van der Waals surface area contributed by atoms with Gasteiger partial charge in [-0.1, -0.05) is 18.2 Å². The first-order valence-corrected chi connectivity index (χ1v) is 6.72. The lowest BCUT2D eigenvalue weighted by Crippen LogP contribution is -2.21. The summed E-state index contributed by atoms with van der Waals surface area (Å²) >= 11 is 0. The standard InChI is InChI=1S/C15H18N4O2/c1-19(12-6-3-2-4-7-12)9-5-8-17-14-11-16-10-13(18-14)15(20)21/h2-4,6-7,10-11H,5,8-9H2,1H3,(H,17,18)(H,20,21). The zero-order valence-electron chi connectivity index (χ0n) is 11.9. The van der Waals surface area contributed by atoms with Crippen molar-refractivity contribution >= 4 is 17.5 Å². The monoisotopic (exact) mass is 286 g/mol. The fraction of sp³-hybridized carbons (Fsp3) is 0.267. The van der Waals surface area contributed by atoms with E-state index in [0.717, 1.165) is 13.0 Å². The number of hydrogen-bond donors (Lipinski definition) is 2.